The summed E-state index contributed by atoms with van der Waals surface area (Å²) in [7, 11) is 0. The molecule has 0 aliphatic rings. The molecule has 1 aromatic heterocycles. The smallest absolute Gasteiger partial charge is 0.270 e. The van der Waals surface area contributed by atoms with Gasteiger partial charge in [0, 0.05) is 17.7 Å². The first-order valence-corrected chi connectivity index (χ1v) is 5.13. The second-order valence-corrected chi connectivity index (χ2v) is 3.70. The van der Waals surface area contributed by atoms with Crippen LogP contribution < -0.4 is 0 Å². The van der Waals surface area contributed by atoms with E-state index < -0.39 is 4.92 Å². The number of nitro groups is 1. The van der Waals surface area contributed by atoms with Crippen molar-refractivity contribution in [2.24, 2.45) is 0 Å². The van der Waals surface area contributed by atoms with Gasteiger partial charge in [0.1, 0.15) is 5.78 Å². The van der Waals surface area contributed by atoms with Gasteiger partial charge in [0.2, 0.25) is 11.7 Å². The Kier molecular flexibility index (Phi) is 3.13. The van der Waals surface area contributed by atoms with Gasteiger partial charge in [-0.25, -0.2) is 0 Å². The highest BCUT2D eigenvalue weighted by molar-refractivity contribution is 5.77. The summed E-state index contributed by atoms with van der Waals surface area (Å²) in [5, 5.41) is 14.3. The number of carbonyl (C=O) groups excluding carboxylic acids is 1. The number of nitrogens with zero attached hydrogens (tertiary/aromatic N) is 3. The molecule has 0 saturated heterocycles. The summed E-state index contributed by atoms with van der Waals surface area (Å²) in [6, 6.07) is 5.90. The van der Waals surface area contributed by atoms with Crippen LogP contribution in [0.5, 0.6) is 0 Å². The lowest BCUT2D eigenvalue weighted by molar-refractivity contribution is -0.384. The zero-order chi connectivity index (χ0) is 13.1. The average molecular weight is 247 g/mol. The van der Waals surface area contributed by atoms with Crippen LogP contribution >= 0.6 is 0 Å². The van der Waals surface area contributed by atoms with Gasteiger partial charge in [0.25, 0.3) is 5.69 Å². The van der Waals surface area contributed by atoms with Crippen LogP contribution in [0.1, 0.15) is 12.8 Å². The second kappa shape index (κ2) is 4.74. The third-order valence-corrected chi connectivity index (χ3v) is 2.18. The van der Waals surface area contributed by atoms with E-state index in [0.717, 1.165) is 0 Å². The van der Waals surface area contributed by atoms with E-state index in [9.17, 15) is 14.9 Å². The molecule has 1 aromatic carbocycles. The number of rotatable bonds is 4. The van der Waals surface area contributed by atoms with E-state index >= 15 is 0 Å². The molecule has 7 nitrogen and oxygen atoms in total. The molecule has 7 heteroatoms. The number of ketones is 1. The minimum absolute atomic E-state index is 0.0505. The molecule has 0 saturated carbocycles. The van der Waals surface area contributed by atoms with Crippen LogP contribution in [-0.2, 0) is 11.2 Å². The first-order chi connectivity index (χ1) is 8.56. The number of hydrogen-bond acceptors (Lipinski definition) is 6. The SMILES string of the molecule is CC(=O)Cc1nc(-c2cccc([N+](=O)[O-])c2)no1. The molecule has 2 aromatic rings. The van der Waals surface area contributed by atoms with Crippen molar-refractivity contribution in [3.05, 3.63) is 40.3 Å². The van der Waals surface area contributed by atoms with Gasteiger partial charge in [0.05, 0.1) is 11.3 Å². The quantitative estimate of drug-likeness (QED) is 0.603. The molecule has 0 fully saturated rings. The first-order valence-electron chi connectivity index (χ1n) is 5.13. The maximum Gasteiger partial charge on any atom is 0.270 e. The van der Waals surface area contributed by atoms with Gasteiger partial charge in [-0.05, 0) is 6.92 Å². The van der Waals surface area contributed by atoms with E-state index in [1.54, 1.807) is 6.07 Å². The van der Waals surface area contributed by atoms with Crippen LogP contribution in [0, 0.1) is 10.1 Å². The summed E-state index contributed by atoms with van der Waals surface area (Å²) in [6.07, 6.45) is 0.0575. The van der Waals surface area contributed by atoms with Crippen molar-refractivity contribution in [3.63, 3.8) is 0 Å². The molecule has 0 aliphatic heterocycles. The highest BCUT2D eigenvalue weighted by Crippen LogP contribution is 2.21. The lowest BCUT2D eigenvalue weighted by Gasteiger charge is -1.94. The lowest BCUT2D eigenvalue weighted by Crippen LogP contribution is -1.96. The van der Waals surface area contributed by atoms with E-state index in [2.05, 4.69) is 10.1 Å². The van der Waals surface area contributed by atoms with Gasteiger partial charge in [-0.2, -0.15) is 4.98 Å². The average Bonchev–Trinajstić information content (AvgIpc) is 2.77. The standard InChI is InChI=1S/C11H9N3O4/c1-7(15)5-10-12-11(13-18-10)8-3-2-4-9(6-8)14(16)17/h2-4,6H,5H2,1H3. The third kappa shape index (κ3) is 2.57. The van der Waals surface area contributed by atoms with Crippen molar-refractivity contribution >= 4 is 11.5 Å². The van der Waals surface area contributed by atoms with Crippen LogP contribution in [0.2, 0.25) is 0 Å². The molecule has 0 unspecified atom stereocenters. The van der Waals surface area contributed by atoms with Crippen molar-refractivity contribution in [1.82, 2.24) is 10.1 Å². The largest absolute Gasteiger partial charge is 0.339 e. The Labute approximate surface area is 102 Å². The van der Waals surface area contributed by atoms with Crippen LogP contribution in [0.15, 0.2) is 28.8 Å². The zero-order valence-corrected chi connectivity index (χ0v) is 9.49. The Morgan fingerprint density at radius 1 is 1.50 bits per heavy atom. The van der Waals surface area contributed by atoms with Gasteiger partial charge < -0.3 is 4.52 Å². The molecule has 0 amide bonds. The van der Waals surface area contributed by atoms with Crippen LogP contribution in [-0.4, -0.2) is 20.8 Å². The molecule has 0 radical (unpaired) electrons. The van der Waals surface area contributed by atoms with Gasteiger partial charge >= 0.3 is 0 Å². The molecular weight excluding hydrogens is 238 g/mol. The van der Waals surface area contributed by atoms with E-state index in [0.29, 0.717) is 5.56 Å². The molecule has 0 N–H and O–H groups in total. The second-order valence-electron chi connectivity index (χ2n) is 3.70. The molecule has 0 spiro atoms. The van der Waals surface area contributed by atoms with Crippen molar-refractivity contribution in [2.45, 2.75) is 13.3 Å². The number of nitro benzene ring substituents is 1. The minimum Gasteiger partial charge on any atom is -0.339 e. The molecule has 92 valence electrons. The Bertz CT molecular complexity index is 606. The number of non-ortho nitro benzene ring substituents is 1. The third-order valence-electron chi connectivity index (χ3n) is 2.18. The lowest BCUT2D eigenvalue weighted by atomic mass is 10.2. The molecule has 0 bridgehead atoms. The van der Waals surface area contributed by atoms with Crippen LogP contribution in [0.4, 0.5) is 5.69 Å². The Morgan fingerprint density at radius 2 is 2.28 bits per heavy atom. The molecular formula is C11H9N3O4. The van der Waals surface area contributed by atoms with Crippen molar-refractivity contribution in [3.8, 4) is 11.4 Å². The van der Waals surface area contributed by atoms with E-state index in [1.807, 2.05) is 0 Å². The molecule has 0 atom stereocenters. The highest BCUT2D eigenvalue weighted by atomic mass is 16.6. The van der Waals surface area contributed by atoms with Gasteiger partial charge in [-0.3, -0.25) is 14.9 Å². The predicted molar refractivity (Wildman–Crippen MR) is 60.8 cm³/mol. The van der Waals surface area contributed by atoms with Gasteiger partial charge in [0.15, 0.2) is 0 Å². The molecule has 1 heterocycles. The topological polar surface area (TPSA) is 99.1 Å². The monoisotopic (exact) mass is 247 g/mol. The van der Waals surface area contributed by atoms with Crippen molar-refractivity contribution < 1.29 is 14.2 Å². The summed E-state index contributed by atoms with van der Waals surface area (Å²) in [5.74, 6) is 0.336. The van der Waals surface area contributed by atoms with Crippen LogP contribution in [0.25, 0.3) is 11.4 Å². The normalized spacial score (nSPS) is 10.3. The fourth-order valence-electron chi connectivity index (χ4n) is 1.42. The first kappa shape index (κ1) is 11.9. The number of benzene rings is 1. The summed E-state index contributed by atoms with van der Waals surface area (Å²) < 4.78 is 4.88. The Morgan fingerprint density at radius 3 is 2.94 bits per heavy atom. The molecule has 0 aliphatic carbocycles. The van der Waals surface area contributed by atoms with Gasteiger partial charge in [-0.1, -0.05) is 17.3 Å². The van der Waals surface area contributed by atoms with E-state index in [-0.39, 0.29) is 29.6 Å². The number of carbonyl (C=O) groups is 1. The molecule has 2 rings (SSSR count). The summed E-state index contributed by atoms with van der Waals surface area (Å²) in [5.41, 5.74) is 0.424. The minimum atomic E-state index is -0.500. The zero-order valence-electron chi connectivity index (χ0n) is 9.49. The fraction of sp³-hybridized carbons (Fsp3) is 0.182. The maximum absolute atomic E-state index is 10.9. The number of Topliss-reactive ketones (excluding diaryl/α,β-unsaturated/α-hetero) is 1. The Balaban J connectivity index is 2.31. The van der Waals surface area contributed by atoms with Crippen molar-refractivity contribution in [2.75, 3.05) is 0 Å². The summed E-state index contributed by atoms with van der Waals surface area (Å²) >= 11 is 0. The van der Waals surface area contributed by atoms with Crippen molar-refractivity contribution in [1.29, 1.82) is 0 Å². The highest BCUT2D eigenvalue weighted by Gasteiger charge is 2.13. The van der Waals surface area contributed by atoms with E-state index in [4.69, 9.17) is 4.52 Å². The maximum atomic E-state index is 10.9. The van der Waals surface area contributed by atoms with Crippen LogP contribution in [0.3, 0.4) is 0 Å². The number of aromatic nitrogens is 2. The molecule has 18 heavy (non-hydrogen) atoms. The summed E-state index contributed by atoms with van der Waals surface area (Å²) in [4.78, 5) is 25.0. The predicted octanol–water partition coefficient (Wildman–Crippen LogP) is 1.78. The Hall–Kier alpha value is -2.57. The van der Waals surface area contributed by atoms with Gasteiger partial charge in [-0.15, -0.1) is 0 Å². The fourth-order valence-corrected chi connectivity index (χ4v) is 1.42. The number of hydrogen-bond donors (Lipinski definition) is 0. The summed E-state index contributed by atoms with van der Waals surface area (Å²) in [6.45, 7) is 1.41. The van der Waals surface area contributed by atoms with E-state index in [1.165, 1.54) is 25.1 Å².